The van der Waals surface area contributed by atoms with Crippen LogP contribution in [-0.4, -0.2) is 33.6 Å². The Balaban J connectivity index is 2.03. The van der Waals surface area contributed by atoms with E-state index in [0.717, 1.165) is 31.3 Å². The maximum absolute atomic E-state index is 10.3. The second kappa shape index (κ2) is 4.81. The van der Waals surface area contributed by atoms with Gasteiger partial charge >= 0.3 is 0 Å². The van der Waals surface area contributed by atoms with Gasteiger partial charge in [-0.15, -0.1) is 0 Å². The Kier molecular flexibility index (Phi) is 3.55. The summed E-state index contributed by atoms with van der Waals surface area (Å²) >= 11 is 0. The first-order valence-corrected chi connectivity index (χ1v) is 8.50. The Hall–Kier alpha value is -0.380. The molecule has 3 aliphatic rings. The zero-order valence-corrected chi connectivity index (χ0v) is 13.9. The number of aliphatic hydroxyl groups excluding tert-OH is 2. The Morgan fingerprint density at radius 2 is 2.05 bits per heavy atom. The van der Waals surface area contributed by atoms with Crippen molar-refractivity contribution in [1.29, 1.82) is 0 Å². The van der Waals surface area contributed by atoms with Crippen LogP contribution in [0.5, 0.6) is 0 Å². The molecular weight excluding hydrogens is 264 g/mol. The normalized spacial score (nSPS) is 45.9. The van der Waals surface area contributed by atoms with Crippen molar-refractivity contribution in [2.45, 2.75) is 89.6 Å². The van der Waals surface area contributed by atoms with Gasteiger partial charge in [0.2, 0.25) is 0 Å². The Bertz CT molecular complexity index is 455. The average molecular weight is 294 g/mol. The molecule has 0 amide bonds. The standard InChI is InChI=1S/C18H30O3/c1-5-14(19)8-13-9-15(20)11-17(4)7-6-12-10-18(13,17)21-16(12,2)3/h9,12,14-15,19-20H,5-8,10-11H2,1-4H3/t12-,14+,15+,17-,18+/m1/s1. The van der Waals surface area contributed by atoms with E-state index < -0.39 is 6.10 Å². The summed E-state index contributed by atoms with van der Waals surface area (Å²) < 4.78 is 6.68. The fourth-order valence-electron chi connectivity index (χ4n) is 5.05. The van der Waals surface area contributed by atoms with Crippen molar-refractivity contribution in [3.05, 3.63) is 11.6 Å². The van der Waals surface area contributed by atoms with Crippen molar-refractivity contribution in [1.82, 2.24) is 0 Å². The highest BCUT2D eigenvalue weighted by Gasteiger charge is 2.65. The number of rotatable bonds is 3. The van der Waals surface area contributed by atoms with Crippen LogP contribution in [0.25, 0.3) is 0 Å². The molecule has 120 valence electrons. The Morgan fingerprint density at radius 3 is 2.71 bits per heavy atom. The zero-order valence-electron chi connectivity index (χ0n) is 13.9. The van der Waals surface area contributed by atoms with E-state index in [0.29, 0.717) is 12.3 Å². The van der Waals surface area contributed by atoms with Gasteiger partial charge < -0.3 is 14.9 Å². The lowest BCUT2D eigenvalue weighted by Gasteiger charge is -2.53. The number of fused-ring (bicyclic) bond motifs is 1. The van der Waals surface area contributed by atoms with Crippen LogP contribution in [0.15, 0.2) is 11.6 Å². The molecule has 1 aliphatic heterocycles. The van der Waals surface area contributed by atoms with Crippen molar-refractivity contribution in [2.24, 2.45) is 11.3 Å². The molecule has 2 fully saturated rings. The molecule has 0 aromatic rings. The third kappa shape index (κ3) is 2.20. The summed E-state index contributed by atoms with van der Waals surface area (Å²) in [5, 5.41) is 20.5. The number of aliphatic hydroxyl groups is 2. The van der Waals surface area contributed by atoms with Crippen molar-refractivity contribution in [3.8, 4) is 0 Å². The number of hydrogen-bond donors (Lipinski definition) is 2. The molecule has 21 heavy (non-hydrogen) atoms. The minimum atomic E-state index is -0.399. The SMILES string of the molecule is CC[C@H](O)CC1=C[C@H](O)C[C@@]2(C)CC[C@@H]3C[C@]12OC3(C)C. The Morgan fingerprint density at radius 1 is 1.33 bits per heavy atom. The first kappa shape index (κ1) is 15.5. The molecule has 2 aliphatic carbocycles. The minimum Gasteiger partial charge on any atom is -0.393 e. The van der Waals surface area contributed by atoms with E-state index in [-0.39, 0.29) is 22.7 Å². The van der Waals surface area contributed by atoms with Crippen LogP contribution in [0.2, 0.25) is 0 Å². The third-order valence-electron chi connectivity index (χ3n) is 6.47. The van der Waals surface area contributed by atoms with E-state index in [1.54, 1.807) is 0 Å². The van der Waals surface area contributed by atoms with Crippen molar-refractivity contribution >= 4 is 0 Å². The summed E-state index contributed by atoms with van der Waals surface area (Å²) in [5.74, 6) is 0.586. The van der Waals surface area contributed by atoms with Gasteiger partial charge in [0, 0.05) is 5.41 Å². The molecule has 1 heterocycles. The lowest BCUT2D eigenvalue weighted by Crippen LogP contribution is -2.54. The van der Waals surface area contributed by atoms with Crippen LogP contribution in [0.4, 0.5) is 0 Å². The molecule has 5 atom stereocenters. The van der Waals surface area contributed by atoms with Crippen LogP contribution in [0, 0.1) is 11.3 Å². The molecule has 1 saturated carbocycles. The van der Waals surface area contributed by atoms with E-state index in [1.165, 1.54) is 6.42 Å². The van der Waals surface area contributed by atoms with Gasteiger partial charge in [0.25, 0.3) is 0 Å². The molecule has 3 rings (SSSR count). The molecule has 0 aromatic carbocycles. The summed E-state index contributed by atoms with van der Waals surface area (Å²) in [6.07, 6.45) is 6.73. The van der Waals surface area contributed by atoms with Crippen LogP contribution < -0.4 is 0 Å². The van der Waals surface area contributed by atoms with Gasteiger partial charge in [-0.3, -0.25) is 0 Å². The fourth-order valence-corrected chi connectivity index (χ4v) is 5.05. The molecule has 0 radical (unpaired) electrons. The second-order valence-corrected chi connectivity index (χ2v) is 8.26. The van der Waals surface area contributed by atoms with E-state index in [9.17, 15) is 10.2 Å². The summed E-state index contributed by atoms with van der Waals surface area (Å²) in [7, 11) is 0. The van der Waals surface area contributed by atoms with Crippen molar-refractivity contribution < 1.29 is 14.9 Å². The van der Waals surface area contributed by atoms with Gasteiger partial charge in [-0.25, -0.2) is 0 Å². The molecule has 2 bridgehead atoms. The predicted octanol–water partition coefficient (Wildman–Crippen LogP) is 3.19. The van der Waals surface area contributed by atoms with E-state index >= 15 is 0 Å². The van der Waals surface area contributed by atoms with Crippen molar-refractivity contribution in [3.63, 3.8) is 0 Å². The largest absolute Gasteiger partial charge is 0.393 e. The highest BCUT2D eigenvalue weighted by Crippen LogP contribution is 2.65. The lowest BCUT2D eigenvalue weighted by molar-refractivity contribution is -0.143. The van der Waals surface area contributed by atoms with Gasteiger partial charge in [-0.1, -0.05) is 19.9 Å². The smallest absolute Gasteiger partial charge is 0.0958 e. The summed E-state index contributed by atoms with van der Waals surface area (Å²) in [5.41, 5.74) is 0.771. The zero-order chi connectivity index (χ0) is 15.5. The summed E-state index contributed by atoms with van der Waals surface area (Å²) in [4.78, 5) is 0. The highest BCUT2D eigenvalue weighted by atomic mass is 16.5. The van der Waals surface area contributed by atoms with Crippen LogP contribution in [0.3, 0.4) is 0 Å². The first-order chi connectivity index (χ1) is 9.72. The topological polar surface area (TPSA) is 49.7 Å². The van der Waals surface area contributed by atoms with Gasteiger partial charge in [-0.2, -0.15) is 0 Å². The maximum Gasteiger partial charge on any atom is 0.0958 e. The molecule has 1 saturated heterocycles. The monoisotopic (exact) mass is 294 g/mol. The van der Waals surface area contributed by atoms with Crippen LogP contribution in [-0.2, 0) is 4.74 Å². The molecule has 0 aromatic heterocycles. The highest BCUT2D eigenvalue weighted by molar-refractivity contribution is 5.33. The quantitative estimate of drug-likeness (QED) is 0.786. The molecule has 0 unspecified atom stereocenters. The van der Waals surface area contributed by atoms with Gasteiger partial charge in [-0.05, 0) is 63.9 Å². The molecule has 1 spiro atoms. The van der Waals surface area contributed by atoms with Gasteiger partial charge in [0.1, 0.15) is 0 Å². The third-order valence-corrected chi connectivity index (χ3v) is 6.47. The number of ether oxygens (including phenoxy) is 1. The van der Waals surface area contributed by atoms with Gasteiger partial charge in [0.15, 0.2) is 0 Å². The second-order valence-electron chi connectivity index (χ2n) is 8.26. The Labute approximate surface area is 128 Å². The van der Waals surface area contributed by atoms with E-state index in [1.807, 2.05) is 13.0 Å². The molecule has 3 heteroatoms. The molecular formula is C18H30O3. The van der Waals surface area contributed by atoms with E-state index in [2.05, 4.69) is 20.8 Å². The van der Waals surface area contributed by atoms with Gasteiger partial charge in [0.05, 0.1) is 23.4 Å². The predicted molar refractivity (Wildman–Crippen MR) is 83.0 cm³/mol. The van der Waals surface area contributed by atoms with E-state index in [4.69, 9.17) is 4.74 Å². The maximum atomic E-state index is 10.3. The number of hydrogen-bond acceptors (Lipinski definition) is 3. The molecule has 2 N–H and O–H groups in total. The summed E-state index contributed by atoms with van der Waals surface area (Å²) in [6, 6.07) is 0. The van der Waals surface area contributed by atoms with Crippen LogP contribution >= 0.6 is 0 Å². The average Bonchev–Trinajstić information content (AvgIpc) is 2.62. The van der Waals surface area contributed by atoms with Crippen LogP contribution in [0.1, 0.15) is 66.2 Å². The first-order valence-electron chi connectivity index (χ1n) is 8.50. The van der Waals surface area contributed by atoms with Crippen molar-refractivity contribution in [2.75, 3.05) is 0 Å². The summed E-state index contributed by atoms with van der Waals surface area (Å²) in [6.45, 7) is 8.69. The lowest BCUT2D eigenvalue weighted by atomic mass is 9.54. The molecule has 3 nitrogen and oxygen atoms in total. The minimum absolute atomic E-state index is 0.00572. The fraction of sp³-hybridized carbons (Fsp3) is 0.889.